The maximum absolute atomic E-state index is 13.2. The lowest BCUT2D eigenvalue weighted by molar-refractivity contribution is 0.0392. The molecule has 4 aromatic heterocycles. The number of nitrogens with zero attached hydrogens (tertiary/aromatic N) is 7. The molecule has 41 heavy (non-hydrogen) atoms. The van der Waals surface area contributed by atoms with E-state index in [9.17, 15) is 14.7 Å². The number of anilines is 2. The van der Waals surface area contributed by atoms with Crippen molar-refractivity contribution in [2.45, 2.75) is 20.0 Å². The predicted molar refractivity (Wildman–Crippen MR) is 156 cm³/mol. The normalized spacial score (nSPS) is 15.3. The number of hydrogen-bond acceptors (Lipinski definition) is 9. The lowest BCUT2D eigenvalue weighted by Crippen LogP contribution is -2.40. The molecule has 1 N–H and O–H groups in total. The van der Waals surface area contributed by atoms with Crippen molar-refractivity contribution >= 4 is 40.2 Å². The highest BCUT2D eigenvalue weighted by atomic mass is 35.5. The van der Waals surface area contributed by atoms with Gasteiger partial charge in [0.05, 0.1) is 47.7 Å². The number of aromatic nitrogens is 4. The molecular formula is C29H30ClN7O4. The molecule has 2 aliphatic rings. The molecule has 0 unspecified atom stereocenters. The van der Waals surface area contributed by atoms with Crippen LogP contribution in [-0.2, 0) is 17.8 Å². The fourth-order valence-corrected chi connectivity index (χ4v) is 5.62. The molecule has 6 rings (SSSR count). The Hall–Kier alpha value is -4.06. The Bertz CT molecular complexity index is 1680. The number of ether oxygens (including phenoxy) is 1. The maximum Gasteiger partial charge on any atom is 0.341 e. The Labute approximate surface area is 241 Å². The van der Waals surface area contributed by atoms with Gasteiger partial charge in [-0.05, 0) is 36.2 Å². The summed E-state index contributed by atoms with van der Waals surface area (Å²) < 4.78 is 7.06. The zero-order chi connectivity index (χ0) is 28.7. The molecule has 6 heterocycles. The Morgan fingerprint density at radius 3 is 2.73 bits per heavy atom. The SMILES string of the molecule is Cc1cc(N(C)CCN2CCOCC2)ncc1-n1cc(C(=O)O)c(=O)c2cc(Cl)c(N3Cc4cccnc4C3)nc21. The highest BCUT2D eigenvalue weighted by Crippen LogP contribution is 2.33. The van der Waals surface area contributed by atoms with Gasteiger partial charge in [0.2, 0.25) is 5.43 Å². The monoisotopic (exact) mass is 575 g/mol. The third-order valence-corrected chi connectivity index (χ3v) is 7.98. The minimum absolute atomic E-state index is 0.125. The van der Waals surface area contributed by atoms with E-state index in [1.54, 1.807) is 17.0 Å². The van der Waals surface area contributed by atoms with Crippen LogP contribution in [0.15, 0.2) is 47.7 Å². The minimum Gasteiger partial charge on any atom is -0.477 e. The summed E-state index contributed by atoms with van der Waals surface area (Å²) in [5.41, 5.74) is 2.80. The van der Waals surface area contributed by atoms with Crippen molar-refractivity contribution in [2.24, 2.45) is 0 Å². The Morgan fingerprint density at radius 2 is 2.00 bits per heavy atom. The second-order valence-electron chi connectivity index (χ2n) is 10.4. The number of halogens is 1. The van der Waals surface area contributed by atoms with Crippen LogP contribution in [0.4, 0.5) is 11.6 Å². The van der Waals surface area contributed by atoms with Crippen molar-refractivity contribution in [3.05, 3.63) is 80.5 Å². The van der Waals surface area contributed by atoms with E-state index in [0.717, 1.165) is 62.0 Å². The summed E-state index contributed by atoms with van der Waals surface area (Å²) in [5.74, 6) is -0.0298. The highest BCUT2D eigenvalue weighted by molar-refractivity contribution is 6.33. The van der Waals surface area contributed by atoms with Gasteiger partial charge < -0.3 is 19.6 Å². The molecule has 0 aromatic carbocycles. The second kappa shape index (κ2) is 11.1. The van der Waals surface area contributed by atoms with Gasteiger partial charge in [-0.25, -0.2) is 14.8 Å². The first kappa shape index (κ1) is 27.1. The summed E-state index contributed by atoms with van der Waals surface area (Å²) in [6, 6.07) is 7.37. The molecular weight excluding hydrogens is 546 g/mol. The molecule has 12 heteroatoms. The van der Waals surface area contributed by atoms with Gasteiger partial charge in [-0.15, -0.1) is 0 Å². The molecule has 2 aliphatic heterocycles. The van der Waals surface area contributed by atoms with E-state index in [4.69, 9.17) is 26.3 Å². The number of pyridine rings is 4. The summed E-state index contributed by atoms with van der Waals surface area (Å²) in [6.07, 6.45) is 4.77. The number of aryl methyl sites for hydroxylation is 1. The van der Waals surface area contributed by atoms with E-state index in [0.29, 0.717) is 30.2 Å². The number of morpholine rings is 1. The van der Waals surface area contributed by atoms with Crippen LogP contribution in [0.3, 0.4) is 0 Å². The summed E-state index contributed by atoms with van der Waals surface area (Å²) in [7, 11) is 2.00. The van der Waals surface area contributed by atoms with E-state index in [1.165, 1.54) is 12.3 Å². The van der Waals surface area contributed by atoms with Gasteiger partial charge in [0.15, 0.2) is 11.5 Å². The molecule has 4 aromatic rings. The Balaban J connectivity index is 1.38. The van der Waals surface area contributed by atoms with Crippen LogP contribution in [0, 0.1) is 6.92 Å². The standard InChI is InChI=1S/C29H30ClN7O4/c1-18-12-25(34(2)6-7-35-8-10-41-11-9-35)32-14-24(18)37-16-21(29(39)40)26(38)20-13-22(30)28(33-27(20)37)36-15-19-4-3-5-31-23(19)17-36/h3-5,12-14,16H,6-11,15,17H2,1-2H3,(H,39,40). The zero-order valence-corrected chi connectivity index (χ0v) is 23.6. The van der Waals surface area contributed by atoms with Crippen molar-refractivity contribution in [1.29, 1.82) is 0 Å². The molecule has 0 amide bonds. The van der Waals surface area contributed by atoms with E-state index < -0.39 is 11.4 Å². The van der Waals surface area contributed by atoms with Gasteiger partial charge >= 0.3 is 5.97 Å². The highest BCUT2D eigenvalue weighted by Gasteiger charge is 2.26. The summed E-state index contributed by atoms with van der Waals surface area (Å²) in [5, 5.41) is 10.2. The van der Waals surface area contributed by atoms with Crippen molar-refractivity contribution in [3.63, 3.8) is 0 Å². The first-order valence-corrected chi connectivity index (χ1v) is 13.8. The molecule has 0 radical (unpaired) electrons. The average molecular weight is 576 g/mol. The number of rotatable bonds is 7. The maximum atomic E-state index is 13.2. The number of likely N-dealkylation sites (N-methyl/N-ethyl adjacent to an activating group) is 1. The van der Waals surface area contributed by atoms with Gasteiger partial charge in [0.1, 0.15) is 11.4 Å². The lowest BCUT2D eigenvalue weighted by atomic mass is 10.1. The van der Waals surface area contributed by atoms with Crippen LogP contribution in [0.5, 0.6) is 0 Å². The fourth-order valence-electron chi connectivity index (χ4n) is 5.35. The van der Waals surface area contributed by atoms with Gasteiger partial charge in [0.25, 0.3) is 0 Å². The smallest absolute Gasteiger partial charge is 0.341 e. The number of carboxylic acids is 1. The molecule has 1 saturated heterocycles. The van der Waals surface area contributed by atoms with Gasteiger partial charge in [-0.2, -0.15) is 0 Å². The third kappa shape index (κ3) is 5.23. The molecule has 11 nitrogen and oxygen atoms in total. The molecule has 0 aliphatic carbocycles. The largest absolute Gasteiger partial charge is 0.477 e. The van der Waals surface area contributed by atoms with Crippen LogP contribution >= 0.6 is 11.6 Å². The van der Waals surface area contributed by atoms with Crippen molar-refractivity contribution in [2.75, 3.05) is 56.2 Å². The molecule has 0 bridgehead atoms. The number of fused-ring (bicyclic) bond motifs is 2. The Kier molecular flexibility index (Phi) is 7.33. The van der Waals surface area contributed by atoms with Crippen LogP contribution in [0.1, 0.15) is 27.2 Å². The molecule has 1 fully saturated rings. The first-order chi connectivity index (χ1) is 19.8. The summed E-state index contributed by atoms with van der Waals surface area (Å²) >= 11 is 6.65. The van der Waals surface area contributed by atoms with E-state index >= 15 is 0 Å². The van der Waals surface area contributed by atoms with E-state index in [2.05, 4.69) is 14.8 Å². The lowest BCUT2D eigenvalue weighted by Gasteiger charge is -2.29. The average Bonchev–Trinajstić information content (AvgIpc) is 3.41. The van der Waals surface area contributed by atoms with Crippen LogP contribution in [0.2, 0.25) is 5.02 Å². The minimum atomic E-state index is -1.32. The summed E-state index contributed by atoms with van der Waals surface area (Å²) in [4.78, 5) is 45.7. The van der Waals surface area contributed by atoms with Crippen molar-refractivity contribution in [3.8, 4) is 5.69 Å². The molecule has 0 saturated carbocycles. The zero-order valence-electron chi connectivity index (χ0n) is 22.9. The van der Waals surface area contributed by atoms with Gasteiger partial charge in [-0.1, -0.05) is 17.7 Å². The quantitative estimate of drug-likeness (QED) is 0.352. The Morgan fingerprint density at radius 1 is 1.20 bits per heavy atom. The van der Waals surface area contributed by atoms with Crippen LogP contribution in [-0.4, -0.2) is 81.9 Å². The van der Waals surface area contributed by atoms with Crippen molar-refractivity contribution < 1.29 is 14.6 Å². The number of hydrogen-bond donors (Lipinski definition) is 1. The third-order valence-electron chi connectivity index (χ3n) is 7.70. The van der Waals surface area contributed by atoms with Gasteiger partial charge in [-0.3, -0.25) is 19.2 Å². The number of carboxylic acid groups (broad SMARTS) is 1. The van der Waals surface area contributed by atoms with Gasteiger partial charge in [0, 0.05) is 52.2 Å². The van der Waals surface area contributed by atoms with Crippen LogP contribution < -0.4 is 15.2 Å². The number of aromatic carboxylic acids is 1. The fraction of sp³-hybridized carbons (Fsp3) is 0.345. The van der Waals surface area contributed by atoms with Crippen LogP contribution in [0.25, 0.3) is 16.7 Å². The summed E-state index contributed by atoms with van der Waals surface area (Å²) in [6.45, 7) is 8.08. The van der Waals surface area contributed by atoms with Crippen molar-refractivity contribution in [1.82, 2.24) is 24.4 Å². The predicted octanol–water partition coefficient (Wildman–Crippen LogP) is 3.12. The first-order valence-electron chi connectivity index (χ1n) is 13.5. The molecule has 0 spiro atoms. The van der Waals surface area contributed by atoms with E-state index in [-0.39, 0.29) is 16.0 Å². The topological polar surface area (TPSA) is 117 Å². The number of carbonyl (C=O) groups is 1. The molecule has 0 atom stereocenters. The molecule has 212 valence electrons. The van der Waals surface area contributed by atoms with E-state index in [1.807, 2.05) is 37.1 Å². The second-order valence-corrected chi connectivity index (χ2v) is 10.8.